The van der Waals surface area contributed by atoms with Crippen LogP contribution in [0.25, 0.3) is 0 Å². The number of hydrogen-bond acceptors (Lipinski definition) is 4. The van der Waals surface area contributed by atoms with E-state index in [0.717, 1.165) is 16.9 Å². The summed E-state index contributed by atoms with van der Waals surface area (Å²) in [5.41, 5.74) is 1.98. The molecule has 0 radical (unpaired) electrons. The second-order valence-corrected chi connectivity index (χ2v) is 5.31. The number of nitro groups is 1. The first-order chi connectivity index (χ1) is 10.1. The molecule has 1 N–H and O–H groups in total. The first-order valence-corrected chi connectivity index (χ1v) is 7.16. The van der Waals surface area contributed by atoms with E-state index in [1.165, 1.54) is 0 Å². The van der Waals surface area contributed by atoms with Crippen molar-refractivity contribution in [2.75, 3.05) is 7.11 Å². The van der Waals surface area contributed by atoms with Crippen LogP contribution in [0.15, 0.2) is 46.9 Å². The quantitative estimate of drug-likeness (QED) is 0.637. The molecule has 2 aromatic rings. The van der Waals surface area contributed by atoms with Crippen molar-refractivity contribution in [3.63, 3.8) is 0 Å². The van der Waals surface area contributed by atoms with Gasteiger partial charge in [-0.2, -0.15) is 0 Å². The van der Waals surface area contributed by atoms with Crippen LogP contribution in [-0.2, 0) is 13.1 Å². The number of nitro benzene ring substituents is 1. The van der Waals surface area contributed by atoms with E-state index >= 15 is 0 Å². The summed E-state index contributed by atoms with van der Waals surface area (Å²) in [6.07, 6.45) is 0. The Bertz CT molecular complexity index is 647. The smallest absolute Gasteiger partial charge is 0.283 e. The van der Waals surface area contributed by atoms with Gasteiger partial charge in [0.1, 0.15) is 5.75 Å². The highest BCUT2D eigenvalue weighted by Crippen LogP contribution is 2.25. The summed E-state index contributed by atoms with van der Waals surface area (Å²) in [6, 6.07) is 12.9. The summed E-state index contributed by atoms with van der Waals surface area (Å²) in [4.78, 5) is 10.5. The molecule has 0 unspecified atom stereocenters. The van der Waals surface area contributed by atoms with Gasteiger partial charge in [0.25, 0.3) is 5.69 Å². The van der Waals surface area contributed by atoms with Crippen LogP contribution in [0.3, 0.4) is 0 Å². The number of para-hydroxylation sites is 1. The highest BCUT2D eigenvalue weighted by atomic mass is 79.9. The standard InChI is InChI=1S/C15H15BrN2O3/c1-21-15-5-3-2-4-12(15)10-17-9-11-6-7-13(16)14(8-11)18(19)20/h2-8,17H,9-10H2,1H3. The van der Waals surface area contributed by atoms with Crippen LogP contribution >= 0.6 is 15.9 Å². The lowest BCUT2D eigenvalue weighted by atomic mass is 10.1. The van der Waals surface area contributed by atoms with Crippen LogP contribution in [0.4, 0.5) is 5.69 Å². The number of halogens is 1. The molecule has 0 bridgehead atoms. The molecule has 110 valence electrons. The lowest BCUT2D eigenvalue weighted by Gasteiger charge is -2.09. The van der Waals surface area contributed by atoms with Crippen molar-refractivity contribution in [2.24, 2.45) is 0 Å². The molecule has 0 heterocycles. The zero-order valence-corrected chi connectivity index (χ0v) is 13.1. The summed E-state index contributed by atoms with van der Waals surface area (Å²) in [7, 11) is 1.64. The minimum absolute atomic E-state index is 0.0755. The Labute approximate surface area is 131 Å². The topological polar surface area (TPSA) is 64.4 Å². The highest BCUT2D eigenvalue weighted by molar-refractivity contribution is 9.10. The van der Waals surface area contributed by atoms with Crippen molar-refractivity contribution >= 4 is 21.6 Å². The maximum atomic E-state index is 10.9. The van der Waals surface area contributed by atoms with Crippen molar-refractivity contribution in [3.8, 4) is 5.75 Å². The second-order valence-electron chi connectivity index (χ2n) is 4.46. The number of nitrogens with zero attached hydrogens (tertiary/aromatic N) is 1. The van der Waals surface area contributed by atoms with Gasteiger partial charge in [0, 0.05) is 24.7 Å². The molecule has 0 fully saturated rings. The zero-order valence-electron chi connectivity index (χ0n) is 11.5. The molecule has 0 spiro atoms. The number of rotatable bonds is 6. The van der Waals surface area contributed by atoms with Gasteiger partial charge in [-0.05, 0) is 33.6 Å². The fourth-order valence-electron chi connectivity index (χ4n) is 2.00. The lowest BCUT2D eigenvalue weighted by Crippen LogP contribution is -2.13. The summed E-state index contributed by atoms with van der Waals surface area (Å²) in [5, 5.41) is 14.2. The Morgan fingerprint density at radius 3 is 2.71 bits per heavy atom. The van der Waals surface area contributed by atoms with Gasteiger partial charge in [-0.15, -0.1) is 0 Å². The van der Waals surface area contributed by atoms with E-state index in [0.29, 0.717) is 17.6 Å². The third kappa shape index (κ3) is 4.03. The summed E-state index contributed by atoms with van der Waals surface area (Å²) in [6.45, 7) is 1.18. The summed E-state index contributed by atoms with van der Waals surface area (Å²) < 4.78 is 5.77. The number of ether oxygens (including phenoxy) is 1. The fourth-order valence-corrected chi connectivity index (χ4v) is 2.39. The maximum Gasteiger partial charge on any atom is 0.283 e. The first-order valence-electron chi connectivity index (χ1n) is 6.37. The van der Waals surface area contributed by atoms with Gasteiger partial charge in [0.2, 0.25) is 0 Å². The van der Waals surface area contributed by atoms with Gasteiger partial charge in [-0.3, -0.25) is 10.1 Å². The van der Waals surface area contributed by atoms with Crippen LogP contribution in [0.5, 0.6) is 5.75 Å². The van der Waals surface area contributed by atoms with Gasteiger partial charge in [0.05, 0.1) is 16.5 Å². The van der Waals surface area contributed by atoms with Gasteiger partial charge in [-0.25, -0.2) is 0 Å². The third-order valence-electron chi connectivity index (χ3n) is 3.04. The Hall–Kier alpha value is -1.92. The second kappa shape index (κ2) is 7.19. The predicted octanol–water partition coefficient (Wildman–Crippen LogP) is 3.66. The van der Waals surface area contributed by atoms with E-state index in [2.05, 4.69) is 21.2 Å². The summed E-state index contributed by atoms with van der Waals surface area (Å²) in [5.74, 6) is 0.826. The molecular weight excluding hydrogens is 336 g/mol. The lowest BCUT2D eigenvalue weighted by molar-refractivity contribution is -0.385. The van der Waals surface area contributed by atoms with E-state index in [1.807, 2.05) is 30.3 Å². The largest absolute Gasteiger partial charge is 0.496 e. The van der Waals surface area contributed by atoms with Crippen molar-refractivity contribution in [1.29, 1.82) is 0 Å². The maximum absolute atomic E-state index is 10.9. The van der Waals surface area contributed by atoms with Crippen LogP contribution < -0.4 is 10.1 Å². The minimum Gasteiger partial charge on any atom is -0.496 e. The molecule has 2 aromatic carbocycles. The van der Waals surface area contributed by atoms with E-state index in [1.54, 1.807) is 19.2 Å². The Kier molecular flexibility index (Phi) is 5.30. The molecule has 5 nitrogen and oxygen atoms in total. The first kappa shape index (κ1) is 15.5. The highest BCUT2D eigenvalue weighted by Gasteiger charge is 2.12. The van der Waals surface area contributed by atoms with Crippen LogP contribution in [0, 0.1) is 10.1 Å². The van der Waals surface area contributed by atoms with Crippen molar-refractivity contribution in [3.05, 3.63) is 68.2 Å². The Morgan fingerprint density at radius 1 is 1.24 bits per heavy atom. The molecule has 2 rings (SSSR count). The predicted molar refractivity (Wildman–Crippen MR) is 84.3 cm³/mol. The average Bonchev–Trinajstić information content (AvgIpc) is 2.49. The molecule has 0 aliphatic carbocycles. The van der Waals surface area contributed by atoms with Crippen molar-refractivity contribution in [1.82, 2.24) is 5.32 Å². The number of hydrogen-bond donors (Lipinski definition) is 1. The van der Waals surface area contributed by atoms with Gasteiger partial charge in [-0.1, -0.05) is 24.3 Å². The molecular formula is C15H15BrN2O3. The fraction of sp³-hybridized carbons (Fsp3) is 0.200. The number of benzene rings is 2. The van der Waals surface area contributed by atoms with E-state index in [-0.39, 0.29) is 5.69 Å². The van der Waals surface area contributed by atoms with Gasteiger partial charge in [0.15, 0.2) is 0 Å². The van der Waals surface area contributed by atoms with E-state index in [9.17, 15) is 10.1 Å². The number of methoxy groups -OCH3 is 1. The van der Waals surface area contributed by atoms with Crippen LogP contribution in [-0.4, -0.2) is 12.0 Å². The van der Waals surface area contributed by atoms with Gasteiger partial charge < -0.3 is 10.1 Å². The molecule has 21 heavy (non-hydrogen) atoms. The Balaban J connectivity index is 2.00. The Morgan fingerprint density at radius 2 is 2.00 bits per heavy atom. The SMILES string of the molecule is COc1ccccc1CNCc1ccc(Br)c([N+](=O)[O-])c1. The molecule has 0 aliphatic heterocycles. The molecule has 0 saturated carbocycles. The minimum atomic E-state index is -0.395. The molecule has 0 saturated heterocycles. The zero-order chi connectivity index (χ0) is 15.2. The van der Waals surface area contributed by atoms with Crippen molar-refractivity contribution < 1.29 is 9.66 Å². The van der Waals surface area contributed by atoms with Crippen molar-refractivity contribution in [2.45, 2.75) is 13.1 Å². The monoisotopic (exact) mass is 350 g/mol. The van der Waals surface area contributed by atoms with E-state index < -0.39 is 4.92 Å². The molecule has 0 aliphatic rings. The van der Waals surface area contributed by atoms with Gasteiger partial charge >= 0.3 is 0 Å². The average molecular weight is 351 g/mol. The van der Waals surface area contributed by atoms with Crippen LogP contribution in [0.1, 0.15) is 11.1 Å². The summed E-state index contributed by atoms with van der Waals surface area (Å²) >= 11 is 3.18. The molecule has 0 amide bonds. The molecule has 6 heteroatoms. The molecule has 0 aromatic heterocycles. The number of nitrogens with one attached hydrogen (secondary N) is 1. The van der Waals surface area contributed by atoms with Crippen LogP contribution in [0.2, 0.25) is 0 Å². The normalized spacial score (nSPS) is 10.4. The van der Waals surface area contributed by atoms with E-state index in [4.69, 9.17) is 4.74 Å². The third-order valence-corrected chi connectivity index (χ3v) is 3.71. The molecule has 0 atom stereocenters.